The number of carbonyl (C=O) groups is 1. The minimum absolute atomic E-state index is 0.287. The van der Waals surface area contributed by atoms with Crippen LogP contribution in [-0.2, 0) is 9.59 Å². The Morgan fingerprint density at radius 2 is 2.00 bits per heavy atom. The van der Waals surface area contributed by atoms with Gasteiger partial charge in [-0.25, -0.2) is 0 Å². The molecule has 0 fully saturated rings. The van der Waals surface area contributed by atoms with Crippen molar-refractivity contribution in [3.63, 3.8) is 0 Å². The van der Waals surface area contributed by atoms with Crippen molar-refractivity contribution in [2.24, 2.45) is 11.7 Å². The summed E-state index contributed by atoms with van der Waals surface area (Å²) < 4.78 is 0. The van der Waals surface area contributed by atoms with Gasteiger partial charge in [0.1, 0.15) is 0 Å². The normalized spacial score (nSPS) is 15.2. The smallest absolute Gasteiger partial charge is 0.237 e. The molecule has 0 saturated carbocycles. The molecule has 0 rings (SSSR count). The van der Waals surface area contributed by atoms with Gasteiger partial charge in [-0.15, -0.1) is 0 Å². The third-order valence-electron chi connectivity index (χ3n) is 1.60. The Balaban J connectivity index is 3.89. The minimum atomic E-state index is -0.578. The summed E-state index contributed by atoms with van der Waals surface area (Å²) in [5, 5.41) is 2.45. The average Bonchev–Trinajstić information content (AvgIpc) is 2.02. The van der Waals surface area contributed by atoms with Crippen LogP contribution in [0.5, 0.6) is 0 Å². The van der Waals surface area contributed by atoms with Crippen molar-refractivity contribution in [1.29, 1.82) is 0 Å². The van der Waals surface area contributed by atoms with E-state index in [-0.39, 0.29) is 5.91 Å². The number of nitrogens with one attached hydrogen (secondary N) is 1. The summed E-state index contributed by atoms with van der Waals surface area (Å²) in [5.74, 6) is 0.0841. The lowest BCUT2D eigenvalue weighted by Crippen LogP contribution is -2.45. The molecule has 4 nitrogen and oxygen atoms in total. The Hall–Kier alpha value is -0.900. The summed E-state index contributed by atoms with van der Waals surface area (Å²) in [7, 11) is 0. The first-order valence-electron chi connectivity index (χ1n) is 4.41. The molecule has 2 atom stereocenters. The van der Waals surface area contributed by atoms with Gasteiger partial charge in [0.2, 0.25) is 12.2 Å². The molecule has 1 radical (unpaired) electrons. The Bertz CT molecular complexity index is 180. The summed E-state index contributed by atoms with van der Waals surface area (Å²) in [5.41, 5.74) is 5.58. The van der Waals surface area contributed by atoms with E-state index in [1.165, 1.54) is 0 Å². The first-order valence-corrected chi connectivity index (χ1v) is 4.41. The summed E-state index contributed by atoms with van der Waals surface area (Å²) in [6.07, 6.45) is 2.29. The van der Waals surface area contributed by atoms with Crippen molar-refractivity contribution < 1.29 is 9.59 Å². The zero-order valence-electron chi connectivity index (χ0n) is 8.33. The van der Waals surface area contributed by atoms with E-state index < -0.39 is 12.1 Å². The lowest BCUT2D eigenvalue weighted by molar-refractivity contribution is -0.122. The zero-order valence-corrected chi connectivity index (χ0v) is 8.33. The fourth-order valence-corrected chi connectivity index (χ4v) is 0.965. The second-order valence-electron chi connectivity index (χ2n) is 3.58. The van der Waals surface area contributed by atoms with E-state index in [1.54, 1.807) is 13.2 Å². The Morgan fingerprint density at radius 1 is 1.46 bits per heavy atom. The van der Waals surface area contributed by atoms with Gasteiger partial charge in [0.15, 0.2) is 0 Å². The van der Waals surface area contributed by atoms with Crippen LogP contribution in [0.4, 0.5) is 0 Å². The molecule has 0 aliphatic rings. The van der Waals surface area contributed by atoms with Crippen LogP contribution in [0.25, 0.3) is 0 Å². The average molecular weight is 185 g/mol. The largest absolute Gasteiger partial charge is 0.345 e. The lowest BCUT2D eigenvalue weighted by atomic mass is 10.0. The fourth-order valence-electron chi connectivity index (χ4n) is 0.965. The summed E-state index contributed by atoms with van der Waals surface area (Å²) in [6.45, 7) is 5.54. The van der Waals surface area contributed by atoms with Gasteiger partial charge in [0.25, 0.3) is 0 Å². The quantitative estimate of drug-likeness (QED) is 0.632. The first kappa shape index (κ1) is 12.1. The van der Waals surface area contributed by atoms with Crippen molar-refractivity contribution in [2.45, 2.75) is 39.3 Å². The van der Waals surface area contributed by atoms with E-state index in [4.69, 9.17) is 5.73 Å². The van der Waals surface area contributed by atoms with Crippen LogP contribution in [0.3, 0.4) is 0 Å². The molecule has 0 aromatic heterocycles. The van der Waals surface area contributed by atoms with Crippen LogP contribution >= 0.6 is 0 Å². The van der Waals surface area contributed by atoms with Gasteiger partial charge < -0.3 is 11.1 Å². The van der Waals surface area contributed by atoms with Crippen LogP contribution in [0.2, 0.25) is 0 Å². The summed E-state index contributed by atoms with van der Waals surface area (Å²) in [4.78, 5) is 21.3. The highest BCUT2D eigenvalue weighted by Crippen LogP contribution is 2.02. The standard InChI is InChI=1S/C9H17N2O2/c1-6(2)4-8(10)9(13)11-7(3)5-12/h6-8H,4,10H2,1-3H3,(H,11,13). The molecule has 0 aliphatic heterocycles. The van der Waals surface area contributed by atoms with Gasteiger partial charge in [-0.2, -0.15) is 0 Å². The van der Waals surface area contributed by atoms with Gasteiger partial charge in [-0.3, -0.25) is 9.59 Å². The third kappa shape index (κ3) is 5.36. The number of rotatable bonds is 5. The highest BCUT2D eigenvalue weighted by molar-refractivity contribution is 5.84. The third-order valence-corrected chi connectivity index (χ3v) is 1.60. The van der Waals surface area contributed by atoms with Gasteiger partial charge in [-0.1, -0.05) is 13.8 Å². The molecule has 0 heterocycles. The first-order chi connectivity index (χ1) is 5.97. The zero-order chi connectivity index (χ0) is 10.4. The minimum Gasteiger partial charge on any atom is -0.345 e. The lowest BCUT2D eigenvalue weighted by Gasteiger charge is -2.14. The highest BCUT2D eigenvalue weighted by Gasteiger charge is 2.16. The van der Waals surface area contributed by atoms with E-state index >= 15 is 0 Å². The fraction of sp³-hybridized carbons (Fsp3) is 0.778. The maximum Gasteiger partial charge on any atom is 0.237 e. The SMILES string of the molecule is CC(C)CC(N)C(=O)NC(C)[C]=O. The van der Waals surface area contributed by atoms with Crippen LogP contribution in [0.1, 0.15) is 27.2 Å². The van der Waals surface area contributed by atoms with Crippen molar-refractivity contribution in [3.8, 4) is 0 Å². The Morgan fingerprint density at radius 3 is 2.38 bits per heavy atom. The molecule has 0 aliphatic carbocycles. The molecule has 0 spiro atoms. The van der Waals surface area contributed by atoms with Crippen LogP contribution in [0.15, 0.2) is 0 Å². The molecule has 4 heteroatoms. The van der Waals surface area contributed by atoms with E-state index in [1.807, 2.05) is 13.8 Å². The van der Waals surface area contributed by atoms with Crippen LogP contribution < -0.4 is 11.1 Å². The van der Waals surface area contributed by atoms with Crippen molar-refractivity contribution in [2.75, 3.05) is 0 Å². The maximum atomic E-state index is 11.2. The molecular weight excluding hydrogens is 168 g/mol. The predicted molar refractivity (Wildman–Crippen MR) is 50.7 cm³/mol. The van der Waals surface area contributed by atoms with E-state index in [0.717, 1.165) is 0 Å². The van der Waals surface area contributed by atoms with Crippen LogP contribution in [0, 0.1) is 5.92 Å². The summed E-state index contributed by atoms with van der Waals surface area (Å²) in [6, 6.07) is -1.11. The molecule has 13 heavy (non-hydrogen) atoms. The molecular formula is C9H17N2O2. The van der Waals surface area contributed by atoms with Crippen LogP contribution in [-0.4, -0.2) is 24.3 Å². The number of amides is 1. The van der Waals surface area contributed by atoms with Gasteiger partial charge in [0, 0.05) is 0 Å². The summed E-state index contributed by atoms with van der Waals surface area (Å²) >= 11 is 0. The Labute approximate surface area is 78.9 Å². The predicted octanol–water partition coefficient (Wildman–Crippen LogP) is -0.0258. The molecule has 3 N–H and O–H groups in total. The second kappa shape index (κ2) is 5.70. The number of hydrogen-bond donors (Lipinski definition) is 2. The second-order valence-corrected chi connectivity index (χ2v) is 3.58. The maximum absolute atomic E-state index is 11.2. The van der Waals surface area contributed by atoms with Gasteiger partial charge in [0.05, 0.1) is 12.1 Å². The van der Waals surface area contributed by atoms with Crippen molar-refractivity contribution in [1.82, 2.24) is 5.32 Å². The number of nitrogens with two attached hydrogens (primary N) is 1. The van der Waals surface area contributed by atoms with E-state index in [9.17, 15) is 9.59 Å². The molecule has 0 bridgehead atoms. The monoisotopic (exact) mass is 185 g/mol. The van der Waals surface area contributed by atoms with E-state index in [0.29, 0.717) is 12.3 Å². The topological polar surface area (TPSA) is 72.2 Å². The van der Waals surface area contributed by atoms with Gasteiger partial charge >= 0.3 is 0 Å². The van der Waals surface area contributed by atoms with Gasteiger partial charge in [-0.05, 0) is 19.3 Å². The number of carbonyl (C=O) groups excluding carboxylic acids is 2. The molecule has 75 valence electrons. The molecule has 1 amide bonds. The van der Waals surface area contributed by atoms with E-state index in [2.05, 4.69) is 5.32 Å². The molecule has 0 aromatic carbocycles. The van der Waals surface area contributed by atoms with Crippen molar-refractivity contribution >= 4 is 12.2 Å². The number of hydrogen-bond acceptors (Lipinski definition) is 3. The molecule has 0 aromatic rings. The molecule has 2 unspecified atom stereocenters. The molecule has 0 saturated heterocycles. The Kier molecular flexibility index (Phi) is 5.30. The highest BCUT2D eigenvalue weighted by atomic mass is 16.2. The van der Waals surface area contributed by atoms with Crippen molar-refractivity contribution in [3.05, 3.63) is 0 Å².